The van der Waals surface area contributed by atoms with E-state index in [1.807, 2.05) is 30.5 Å². The van der Waals surface area contributed by atoms with Crippen molar-refractivity contribution >= 4 is 17.0 Å². The van der Waals surface area contributed by atoms with Crippen LogP contribution in [-0.4, -0.2) is 31.7 Å². The Morgan fingerprint density at radius 2 is 1.81 bits per heavy atom. The van der Waals surface area contributed by atoms with E-state index in [9.17, 15) is 4.39 Å². The summed E-state index contributed by atoms with van der Waals surface area (Å²) >= 11 is 1.48. The molecule has 0 saturated carbocycles. The second-order valence-electron chi connectivity index (χ2n) is 5.70. The van der Waals surface area contributed by atoms with Crippen LogP contribution in [0.1, 0.15) is 12.5 Å². The number of rotatable bonds is 5. The molecule has 1 aromatic heterocycles. The summed E-state index contributed by atoms with van der Waals surface area (Å²) < 4.78 is 25.8. The van der Waals surface area contributed by atoms with Crippen LogP contribution in [0.5, 0.6) is 11.5 Å². The summed E-state index contributed by atoms with van der Waals surface area (Å²) in [6, 6.07) is 11.9. The van der Waals surface area contributed by atoms with Crippen LogP contribution in [0.3, 0.4) is 0 Å². The largest absolute Gasteiger partial charge is 0.497 e. The minimum atomic E-state index is -0.275. The number of hydrogen-bond donors (Lipinski definition) is 0. The summed E-state index contributed by atoms with van der Waals surface area (Å²) in [6.07, 6.45) is 0. The number of hydrogen-bond acceptors (Lipinski definition) is 5. The molecule has 0 N–H and O–H groups in total. The molecule has 0 spiro atoms. The minimum Gasteiger partial charge on any atom is -0.497 e. The van der Waals surface area contributed by atoms with Gasteiger partial charge in [0.2, 0.25) is 4.80 Å². The lowest BCUT2D eigenvalue weighted by atomic mass is 10.1. The summed E-state index contributed by atoms with van der Waals surface area (Å²) in [5.41, 5.74) is 3.31. The molecule has 0 fully saturated rings. The fourth-order valence-corrected chi connectivity index (χ4v) is 3.43. The van der Waals surface area contributed by atoms with Crippen LogP contribution in [0.2, 0.25) is 0 Å². The van der Waals surface area contributed by atoms with E-state index in [2.05, 4.69) is 4.99 Å². The van der Waals surface area contributed by atoms with Crippen molar-refractivity contribution in [3.63, 3.8) is 0 Å². The van der Waals surface area contributed by atoms with Crippen LogP contribution < -0.4 is 14.3 Å². The third-order valence-electron chi connectivity index (χ3n) is 4.07. The molecule has 3 rings (SSSR count). The van der Waals surface area contributed by atoms with Crippen LogP contribution in [0.4, 0.5) is 4.39 Å². The zero-order valence-electron chi connectivity index (χ0n) is 15.6. The third-order valence-corrected chi connectivity index (χ3v) is 4.98. The van der Waals surface area contributed by atoms with Crippen LogP contribution >= 0.6 is 11.3 Å². The Kier molecular flexibility index (Phi) is 5.71. The van der Waals surface area contributed by atoms with Gasteiger partial charge in [-0.1, -0.05) is 12.1 Å². The molecule has 0 aliphatic heterocycles. The summed E-state index contributed by atoms with van der Waals surface area (Å²) in [6.45, 7) is 1.88. The van der Waals surface area contributed by atoms with Crippen LogP contribution in [-0.2, 0) is 0 Å². The second-order valence-corrected chi connectivity index (χ2v) is 6.53. The SMILES string of the molecule is CN=c1scc(-c2ccc(OC)cc2OC)n1N=C(C)c1ccc(F)cc1. The van der Waals surface area contributed by atoms with Gasteiger partial charge in [0.05, 0.1) is 25.6 Å². The highest BCUT2D eigenvalue weighted by molar-refractivity contribution is 7.07. The lowest BCUT2D eigenvalue weighted by Gasteiger charge is -2.11. The number of methoxy groups -OCH3 is 2. The molecule has 27 heavy (non-hydrogen) atoms. The Labute approximate surface area is 161 Å². The lowest BCUT2D eigenvalue weighted by Crippen LogP contribution is -2.14. The first-order valence-corrected chi connectivity index (χ1v) is 9.12. The number of ether oxygens (including phenoxy) is 2. The first kappa shape index (κ1) is 18.8. The minimum absolute atomic E-state index is 0.275. The molecule has 7 heteroatoms. The van der Waals surface area contributed by atoms with Crippen molar-refractivity contribution in [3.05, 3.63) is 64.0 Å². The van der Waals surface area contributed by atoms with E-state index in [4.69, 9.17) is 14.6 Å². The van der Waals surface area contributed by atoms with Crippen LogP contribution in [0.15, 0.2) is 57.9 Å². The number of aromatic nitrogens is 1. The predicted molar refractivity (Wildman–Crippen MR) is 106 cm³/mol. The topological polar surface area (TPSA) is 48.1 Å². The van der Waals surface area contributed by atoms with Crippen molar-refractivity contribution in [2.75, 3.05) is 21.3 Å². The van der Waals surface area contributed by atoms with Gasteiger partial charge in [-0.15, -0.1) is 11.3 Å². The maximum absolute atomic E-state index is 13.2. The fraction of sp³-hybridized carbons (Fsp3) is 0.200. The Hall–Kier alpha value is -2.93. The molecule has 140 valence electrons. The van der Waals surface area contributed by atoms with E-state index in [1.54, 1.807) is 38.1 Å². The Bertz CT molecular complexity index is 1040. The first-order valence-electron chi connectivity index (χ1n) is 8.24. The molecule has 3 aromatic rings. The van der Waals surface area contributed by atoms with Gasteiger partial charge >= 0.3 is 0 Å². The summed E-state index contributed by atoms with van der Waals surface area (Å²) in [4.78, 5) is 5.06. The molecule has 0 unspecified atom stereocenters. The van der Waals surface area contributed by atoms with E-state index in [-0.39, 0.29) is 5.82 Å². The molecule has 0 aliphatic carbocycles. The van der Waals surface area contributed by atoms with E-state index >= 15 is 0 Å². The Morgan fingerprint density at radius 3 is 2.44 bits per heavy atom. The molecule has 0 atom stereocenters. The molecule has 1 heterocycles. The van der Waals surface area contributed by atoms with E-state index in [0.29, 0.717) is 11.5 Å². The van der Waals surface area contributed by atoms with Gasteiger partial charge in [0.1, 0.15) is 17.3 Å². The van der Waals surface area contributed by atoms with Gasteiger partial charge in [-0.3, -0.25) is 4.99 Å². The van der Waals surface area contributed by atoms with Gasteiger partial charge in [0.15, 0.2) is 0 Å². The van der Waals surface area contributed by atoms with Gasteiger partial charge in [-0.25, -0.2) is 9.07 Å². The lowest BCUT2D eigenvalue weighted by molar-refractivity contribution is 0.395. The average Bonchev–Trinajstić information content (AvgIpc) is 3.10. The smallest absolute Gasteiger partial charge is 0.205 e. The van der Waals surface area contributed by atoms with Crippen molar-refractivity contribution < 1.29 is 13.9 Å². The number of benzene rings is 2. The van der Waals surface area contributed by atoms with Crippen molar-refractivity contribution in [2.24, 2.45) is 10.1 Å². The zero-order chi connectivity index (χ0) is 19.4. The van der Waals surface area contributed by atoms with E-state index in [0.717, 1.165) is 27.3 Å². The van der Waals surface area contributed by atoms with Gasteiger partial charge in [0.25, 0.3) is 0 Å². The highest BCUT2D eigenvalue weighted by atomic mass is 32.1. The third kappa shape index (κ3) is 3.93. The standard InChI is InChI=1S/C20H20FN3O2S/c1-13(14-5-7-15(21)8-6-14)23-24-18(12-27-20(24)22-2)17-10-9-16(25-3)11-19(17)26-4/h5-12H,1-4H3. The highest BCUT2D eigenvalue weighted by Crippen LogP contribution is 2.33. The van der Waals surface area contributed by atoms with Crippen molar-refractivity contribution in [2.45, 2.75) is 6.92 Å². The summed E-state index contributed by atoms with van der Waals surface area (Å²) in [5.74, 6) is 1.12. The maximum atomic E-state index is 13.2. The average molecular weight is 385 g/mol. The van der Waals surface area contributed by atoms with Crippen LogP contribution in [0, 0.1) is 5.82 Å². The Morgan fingerprint density at radius 1 is 1.07 bits per heavy atom. The van der Waals surface area contributed by atoms with Gasteiger partial charge in [-0.05, 0) is 36.8 Å². The first-order chi connectivity index (χ1) is 13.1. The van der Waals surface area contributed by atoms with Crippen LogP contribution in [0.25, 0.3) is 11.3 Å². The molecule has 0 radical (unpaired) electrons. The van der Waals surface area contributed by atoms with E-state index < -0.39 is 0 Å². The van der Waals surface area contributed by atoms with Gasteiger partial charge < -0.3 is 9.47 Å². The quantitative estimate of drug-likeness (QED) is 0.619. The molecule has 0 bridgehead atoms. The molecule has 5 nitrogen and oxygen atoms in total. The highest BCUT2D eigenvalue weighted by Gasteiger charge is 2.14. The van der Waals surface area contributed by atoms with Gasteiger partial charge in [-0.2, -0.15) is 5.10 Å². The van der Waals surface area contributed by atoms with E-state index in [1.165, 1.54) is 23.5 Å². The van der Waals surface area contributed by atoms with Crippen molar-refractivity contribution in [1.82, 2.24) is 4.68 Å². The van der Waals surface area contributed by atoms with Crippen molar-refractivity contribution in [3.8, 4) is 22.8 Å². The molecule has 2 aromatic carbocycles. The number of thiazole rings is 1. The monoisotopic (exact) mass is 385 g/mol. The normalized spacial score (nSPS) is 12.3. The molecular formula is C20H20FN3O2S. The molecule has 0 amide bonds. The molecular weight excluding hydrogens is 365 g/mol. The molecule has 0 saturated heterocycles. The number of halogens is 1. The molecule has 0 aliphatic rings. The maximum Gasteiger partial charge on any atom is 0.205 e. The summed E-state index contributed by atoms with van der Waals surface area (Å²) in [7, 11) is 4.96. The van der Waals surface area contributed by atoms with Gasteiger partial charge in [0, 0.05) is 24.1 Å². The second kappa shape index (κ2) is 8.18. The van der Waals surface area contributed by atoms with Crippen molar-refractivity contribution in [1.29, 1.82) is 0 Å². The number of nitrogens with zero attached hydrogens (tertiary/aromatic N) is 3. The fourth-order valence-electron chi connectivity index (χ4n) is 2.64. The Balaban J connectivity index is 2.14. The summed E-state index contributed by atoms with van der Waals surface area (Å²) in [5, 5.41) is 6.71. The predicted octanol–water partition coefficient (Wildman–Crippen LogP) is 4.18. The zero-order valence-corrected chi connectivity index (χ0v) is 16.4.